The highest BCUT2D eigenvalue weighted by Gasteiger charge is 2.14. The van der Waals surface area contributed by atoms with Crippen molar-refractivity contribution in [3.63, 3.8) is 0 Å². The van der Waals surface area contributed by atoms with E-state index in [0.29, 0.717) is 0 Å². The van der Waals surface area contributed by atoms with Crippen LogP contribution in [0.4, 0.5) is 5.69 Å². The Labute approximate surface area is 148 Å². The van der Waals surface area contributed by atoms with Crippen molar-refractivity contribution in [2.75, 3.05) is 12.4 Å². The van der Waals surface area contributed by atoms with Gasteiger partial charge in [0, 0.05) is 10.6 Å². The van der Waals surface area contributed by atoms with E-state index >= 15 is 0 Å². The summed E-state index contributed by atoms with van der Waals surface area (Å²) in [5, 5.41) is 2.81. The molecule has 0 unspecified atom stereocenters. The highest BCUT2D eigenvalue weighted by molar-refractivity contribution is 8.00. The van der Waals surface area contributed by atoms with Gasteiger partial charge in [-0.2, -0.15) is 0 Å². The van der Waals surface area contributed by atoms with E-state index < -0.39 is 0 Å². The average molecular weight is 343 g/mol. The summed E-state index contributed by atoms with van der Waals surface area (Å²) in [5.74, 6) is 0.830. The highest BCUT2D eigenvalue weighted by atomic mass is 32.2. The fourth-order valence-corrected chi connectivity index (χ4v) is 3.16. The van der Waals surface area contributed by atoms with Gasteiger partial charge in [0.2, 0.25) is 5.91 Å². The van der Waals surface area contributed by atoms with E-state index in [9.17, 15) is 4.79 Å². The molecule has 0 heterocycles. The van der Waals surface area contributed by atoms with Crippen LogP contribution in [0.25, 0.3) is 0 Å². The molecule has 0 bridgehead atoms. The van der Waals surface area contributed by atoms with E-state index in [1.165, 1.54) is 30.2 Å². The third kappa shape index (κ3) is 5.60. The maximum absolute atomic E-state index is 12.3. The van der Waals surface area contributed by atoms with Crippen LogP contribution in [0.5, 0.6) is 5.75 Å². The van der Waals surface area contributed by atoms with Crippen molar-refractivity contribution in [3.8, 4) is 5.75 Å². The van der Waals surface area contributed by atoms with Crippen LogP contribution in [0.2, 0.25) is 0 Å². The van der Waals surface area contributed by atoms with Crippen molar-refractivity contribution >= 4 is 23.4 Å². The number of ether oxygens (including phenoxy) is 1. The fourth-order valence-electron chi connectivity index (χ4n) is 2.29. The molecular weight excluding hydrogens is 318 g/mol. The standard InChI is InChI=1S/C20H25NO2S/c1-4-5-6-16-7-9-17(10-8-16)21-20(22)15(2)24-19-13-11-18(23-3)12-14-19/h7-15H,4-6H2,1-3H3,(H,21,22)/t15-/m0/s1. The van der Waals surface area contributed by atoms with Crippen molar-refractivity contribution in [2.24, 2.45) is 0 Å². The van der Waals surface area contributed by atoms with Gasteiger partial charge in [-0.1, -0.05) is 25.5 Å². The number of amides is 1. The van der Waals surface area contributed by atoms with Crippen LogP contribution >= 0.6 is 11.8 Å². The molecule has 0 aliphatic carbocycles. The molecule has 128 valence electrons. The maximum Gasteiger partial charge on any atom is 0.237 e. The number of thioether (sulfide) groups is 1. The molecule has 2 rings (SSSR count). The van der Waals surface area contributed by atoms with Gasteiger partial charge >= 0.3 is 0 Å². The number of nitrogens with one attached hydrogen (secondary N) is 1. The lowest BCUT2D eigenvalue weighted by atomic mass is 10.1. The predicted octanol–water partition coefficient (Wildman–Crippen LogP) is 5.16. The molecule has 0 aliphatic heterocycles. The molecule has 4 heteroatoms. The number of methoxy groups -OCH3 is 1. The quantitative estimate of drug-likeness (QED) is 0.673. The summed E-state index contributed by atoms with van der Waals surface area (Å²) in [5.41, 5.74) is 2.16. The first-order chi connectivity index (χ1) is 11.6. The molecule has 0 aliphatic rings. The van der Waals surface area contributed by atoms with Crippen LogP contribution in [-0.2, 0) is 11.2 Å². The molecule has 0 spiro atoms. The van der Waals surface area contributed by atoms with Crippen molar-refractivity contribution in [2.45, 2.75) is 43.3 Å². The second-order valence-electron chi connectivity index (χ2n) is 5.73. The lowest BCUT2D eigenvalue weighted by molar-refractivity contribution is -0.115. The molecule has 1 amide bonds. The van der Waals surface area contributed by atoms with Crippen molar-refractivity contribution in [1.29, 1.82) is 0 Å². The lowest BCUT2D eigenvalue weighted by Crippen LogP contribution is -2.22. The smallest absolute Gasteiger partial charge is 0.237 e. The number of carbonyl (C=O) groups excluding carboxylic acids is 1. The van der Waals surface area contributed by atoms with E-state index in [4.69, 9.17) is 4.74 Å². The lowest BCUT2D eigenvalue weighted by Gasteiger charge is -2.12. The molecule has 3 nitrogen and oxygen atoms in total. The number of hydrogen-bond acceptors (Lipinski definition) is 3. The third-order valence-electron chi connectivity index (χ3n) is 3.78. The SMILES string of the molecule is CCCCc1ccc(NC(=O)[C@H](C)Sc2ccc(OC)cc2)cc1. The number of hydrogen-bond donors (Lipinski definition) is 1. The Morgan fingerprint density at radius 2 is 1.79 bits per heavy atom. The van der Waals surface area contributed by atoms with E-state index in [2.05, 4.69) is 24.4 Å². The van der Waals surface area contributed by atoms with Crippen LogP contribution in [0.3, 0.4) is 0 Å². The Kier molecular flexibility index (Phi) is 7.19. The molecule has 0 fully saturated rings. The molecule has 0 saturated carbocycles. The average Bonchev–Trinajstić information content (AvgIpc) is 2.61. The van der Waals surface area contributed by atoms with Gasteiger partial charge in [0.05, 0.1) is 12.4 Å². The minimum Gasteiger partial charge on any atom is -0.497 e. The summed E-state index contributed by atoms with van der Waals surface area (Å²) in [6.07, 6.45) is 3.48. The fraction of sp³-hybridized carbons (Fsp3) is 0.350. The van der Waals surface area contributed by atoms with Crippen molar-refractivity contribution in [1.82, 2.24) is 0 Å². The number of rotatable bonds is 8. The largest absolute Gasteiger partial charge is 0.497 e. The van der Waals surface area contributed by atoms with Crippen LogP contribution in [0, 0.1) is 0 Å². The monoisotopic (exact) mass is 343 g/mol. The Hall–Kier alpha value is -1.94. The third-order valence-corrected chi connectivity index (χ3v) is 4.89. The number of anilines is 1. The van der Waals surface area contributed by atoms with Gasteiger partial charge in [-0.25, -0.2) is 0 Å². The van der Waals surface area contributed by atoms with Gasteiger partial charge in [-0.3, -0.25) is 4.79 Å². The van der Waals surface area contributed by atoms with Gasteiger partial charge in [-0.15, -0.1) is 11.8 Å². The predicted molar refractivity (Wildman–Crippen MR) is 102 cm³/mol. The maximum atomic E-state index is 12.3. The molecule has 2 aromatic rings. The summed E-state index contributed by atoms with van der Waals surface area (Å²) < 4.78 is 5.15. The number of unbranched alkanes of at least 4 members (excludes halogenated alkanes) is 1. The molecule has 0 saturated heterocycles. The second kappa shape index (κ2) is 9.38. The Morgan fingerprint density at radius 1 is 1.12 bits per heavy atom. The summed E-state index contributed by atoms with van der Waals surface area (Å²) in [4.78, 5) is 13.4. The van der Waals surface area contributed by atoms with E-state index in [1.54, 1.807) is 7.11 Å². The van der Waals surface area contributed by atoms with Gasteiger partial charge in [0.1, 0.15) is 5.75 Å². The van der Waals surface area contributed by atoms with Crippen LogP contribution in [0.1, 0.15) is 32.3 Å². The summed E-state index contributed by atoms with van der Waals surface area (Å²) in [6.45, 7) is 4.11. The summed E-state index contributed by atoms with van der Waals surface area (Å²) in [7, 11) is 1.64. The first-order valence-electron chi connectivity index (χ1n) is 8.33. The molecule has 0 radical (unpaired) electrons. The summed E-state index contributed by atoms with van der Waals surface area (Å²) in [6, 6.07) is 15.9. The normalized spacial score (nSPS) is 11.8. The molecule has 24 heavy (non-hydrogen) atoms. The zero-order valence-corrected chi connectivity index (χ0v) is 15.4. The molecule has 1 N–H and O–H groups in total. The van der Waals surface area contributed by atoms with Gasteiger partial charge < -0.3 is 10.1 Å². The Bertz CT molecular complexity index is 638. The van der Waals surface area contributed by atoms with Gasteiger partial charge in [0.25, 0.3) is 0 Å². The zero-order chi connectivity index (χ0) is 17.4. The Balaban J connectivity index is 1.88. The number of benzene rings is 2. The Morgan fingerprint density at radius 3 is 2.38 bits per heavy atom. The highest BCUT2D eigenvalue weighted by Crippen LogP contribution is 2.26. The van der Waals surface area contributed by atoms with E-state index in [1.807, 2.05) is 43.3 Å². The molecule has 1 atom stereocenters. The van der Waals surface area contributed by atoms with Gasteiger partial charge in [-0.05, 0) is 61.7 Å². The summed E-state index contributed by atoms with van der Waals surface area (Å²) >= 11 is 1.54. The number of carbonyl (C=O) groups is 1. The molecule has 0 aromatic heterocycles. The molecular formula is C20H25NO2S. The van der Waals surface area contributed by atoms with Crippen LogP contribution < -0.4 is 10.1 Å². The van der Waals surface area contributed by atoms with Crippen molar-refractivity contribution < 1.29 is 9.53 Å². The van der Waals surface area contributed by atoms with Crippen LogP contribution in [0.15, 0.2) is 53.4 Å². The van der Waals surface area contributed by atoms with Gasteiger partial charge in [0.15, 0.2) is 0 Å². The van der Waals surface area contributed by atoms with Crippen LogP contribution in [-0.4, -0.2) is 18.3 Å². The first-order valence-corrected chi connectivity index (χ1v) is 9.21. The zero-order valence-electron chi connectivity index (χ0n) is 14.5. The molecule has 2 aromatic carbocycles. The minimum atomic E-state index is -0.168. The minimum absolute atomic E-state index is 0.0112. The second-order valence-corrected chi connectivity index (χ2v) is 7.14. The number of aryl methyl sites for hydroxylation is 1. The topological polar surface area (TPSA) is 38.3 Å². The van der Waals surface area contributed by atoms with E-state index in [-0.39, 0.29) is 11.2 Å². The first kappa shape index (κ1) is 18.4. The van der Waals surface area contributed by atoms with Crippen molar-refractivity contribution in [3.05, 3.63) is 54.1 Å². The van der Waals surface area contributed by atoms with E-state index in [0.717, 1.165) is 22.8 Å².